The van der Waals surface area contributed by atoms with Crippen molar-refractivity contribution in [2.24, 2.45) is 28.1 Å². The Morgan fingerprint density at radius 2 is 1.18 bits per heavy atom. The summed E-state index contributed by atoms with van der Waals surface area (Å²) in [4.78, 5) is 97.6. The van der Waals surface area contributed by atoms with Gasteiger partial charge in [-0.2, -0.15) is 0 Å². The lowest BCUT2D eigenvalue weighted by Gasteiger charge is -2.28. The summed E-state index contributed by atoms with van der Waals surface area (Å²) in [5, 5.41) is 13.1. The van der Waals surface area contributed by atoms with Gasteiger partial charge in [0, 0.05) is 39.6 Å². The van der Waals surface area contributed by atoms with Crippen molar-refractivity contribution in [3.8, 4) is 0 Å². The van der Waals surface area contributed by atoms with Crippen LogP contribution in [0, 0.1) is 5.92 Å². The molecule has 0 heterocycles. The van der Waals surface area contributed by atoms with Crippen molar-refractivity contribution < 1.29 is 42.0 Å². The fourth-order valence-corrected chi connectivity index (χ4v) is 6.73. The van der Waals surface area contributed by atoms with Gasteiger partial charge in [0.2, 0.25) is 41.4 Å². The summed E-state index contributed by atoms with van der Waals surface area (Å²) < 4.78 is 23.4. The van der Waals surface area contributed by atoms with Crippen LogP contribution in [0.1, 0.15) is 57.6 Å². The highest BCUT2D eigenvalue weighted by molar-refractivity contribution is 7.90. The SMILES string of the molecule is CC(=O)N[C@H](CCCN=C(N)N)C(=O)N[C@H](Cc1ccccc1)C(=O)N[C@H](Cc1ccccc1)C(=O)N(C)CC(=O)N[C@H](CC(C)C)C(=O)N[C@@H](CCS(C)(=O)=O)C(N)=O. The molecular weight excluding hydrogens is 797 g/mol. The zero-order chi connectivity index (χ0) is 45.0. The highest BCUT2D eigenvalue weighted by Gasteiger charge is 2.32. The molecule has 5 atom stereocenters. The first-order valence-electron chi connectivity index (χ1n) is 19.5. The van der Waals surface area contributed by atoms with Crippen LogP contribution < -0.4 is 43.8 Å². The van der Waals surface area contributed by atoms with Gasteiger partial charge in [-0.15, -0.1) is 0 Å². The fourth-order valence-electron chi connectivity index (χ4n) is 6.06. The second-order valence-corrected chi connectivity index (χ2v) is 17.3. The van der Waals surface area contributed by atoms with E-state index in [1.807, 2.05) is 0 Å². The molecule has 60 heavy (non-hydrogen) atoms. The highest BCUT2D eigenvalue weighted by atomic mass is 32.2. The number of benzene rings is 2. The molecule has 7 amide bonds. The molecule has 20 heteroatoms. The molecule has 0 saturated heterocycles. The van der Waals surface area contributed by atoms with Crippen LogP contribution in [0.25, 0.3) is 0 Å². The standard InChI is InChI=1S/C40H60N10O9S/c1-25(2)21-31(37(55)47-29(35(41)53)18-20-60(5,58)59)46-34(52)24-50(4)39(57)33(23-28-15-10-7-11-16-28)49-38(56)32(22-27-13-8-6-9-14-27)48-36(54)30(45-26(3)51)17-12-19-44-40(42)43/h6-11,13-16,25,29-33H,12,17-24H2,1-5H3,(H2,41,53)(H,45,51)(H,46,52)(H,47,55)(H,48,54)(H,49,56)(H4,42,43,44)/t29-,30+,31+,32+,33+/m0/s1. The fraction of sp³-hybridized carbons (Fsp3) is 0.500. The van der Waals surface area contributed by atoms with E-state index in [9.17, 15) is 42.0 Å². The average Bonchev–Trinajstić information content (AvgIpc) is 3.16. The Balaban J connectivity index is 2.34. The first-order chi connectivity index (χ1) is 28.1. The summed E-state index contributed by atoms with van der Waals surface area (Å²) in [7, 11) is -2.13. The third kappa shape index (κ3) is 19.6. The lowest BCUT2D eigenvalue weighted by atomic mass is 10.0. The molecule has 0 unspecified atom stereocenters. The van der Waals surface area contributed by atoms with Crippen LogP contribution in [-0.4, -0.2) is 123 Å². The van der Waals surface area contributed by atoms with Crippen LogP contribution in [0.2, 0.25) is 0 Å². The number of rotatable bonds is 25. The molecule has 11 N–H and O–H groups in total. The number of nitrogens with zero attached hydrogens (tertiary/aromatic N) is 2. The van der Waals surface area contributed by atoms with E-state index in [-0.39, 0.29) is 50.5 Å². The maximum absolute atomic E-state index is 14.2. The van der Waals surface area contributed by atoms with Gasteiger partial charge in [-0.3, -0.25) is 38.6 Å². The molecule has 0 saturated carbocycles. The zero-order valence-electron chi connectivity index (χ0n) is 34.8. The van der Waals surface area contributed by atoms with Gasteiger partial charge in [0.25, 0.3) is 0 Å². The molecule has 0 bridgehead atoms. The van der Waals surface area contributed by atoms with Crippen molar-refractivity contribution in [1.29, 1.82) is 0 Å². The van der Waals surface area contributed by atoms with Crippen LogP contribution in [0.5, 0.6) is 0 Å². The molecule has 0 radical (unpaired) electrons. The average molecular weight is 857 g/mol. The quantitative estimate of drug-likeness (QED) is 0.0319. The summed E-state index contributed by atoms with van der Waals surface area (Å²) >= 11 is 0. The number of nitrogens with two attached hydrogens (primary N) is 3. The van der Waals surface area contributed by atoms with Crippen molar-refractivity contribution in [2.75, 3.05) is 32.1 Å². The van der Waals surface area contributed by atoms with Gasteiger partial charge in [-0.05, 0) is 42.7 Å². The number of sulfone groups is 1. The Kier molecular flexibility index (Phi) is 20.7. The molecule has 0 aliphatic heterocycles. The third-order valence-corrected chi connectivity index (χ3v) is 9.98. The van der Waals surface area contributed by atoms with E-state index < -0.39 is 93.7 Å². The van der Waals surface area contributed by atoms with E-state index in [0.717, 1.165) is 11.2 Å². The number of guanidine groups is 1. The van der Waals surface area contributed by atoms with E-state index in [2.05, 4.69) is 31.6 Å². The van der Waals surface area contributed by atoms with E-state index in [1.165, 1.54) is 14.0 Å². The number of likely N-dealkylation sites (N-methyl/N-ethyl adjacent to an activating group) is 1. The van der Waals surface area contributed by atoms with Gasteiger partial charge in [-0.1, -0.05) is 74.5 Å². The number of carbonyl (C=O) groups excluding carboxylic acids is 7. The van der Waals surface area contributed by atoms with Gasteiger partial charge in [0.15, 0.2) is 5.96 Å². The summed E-state index contributed by atoms with van der Waals surface area (Å²) in [6.45, 7) is 4.51. The van der Waals surface area contributed by atoms with E-state index in [0.29, 0.717) is 17.5 Å². The predicted octanol–water partition coefficient (Wildman–Crippen LogP) is -1.61. The minimum absolute atomic E-state index is 0.00303. The van der Waals surface area contributed by atoms with Crippen molar-refractivity contribution in [3.63, 3.8) is 0 Å². The lowest BCUT2D eigenvalue weighted by Crippen LogP contribution is -2.58. The van der Waals surface area contributed by atoms with Gasteiger partial charge in [-0.25, -0.2) is 8.42 Å². The number of hydrogen-bond donors (Lipinski definition) is 8. The van der Waals surface area contributed by atoms with Crippen LogP contribution in [0.15, 0.2) is 65.7 Å². The largest absolute Gasteiger partial charge is 0.370 e. The van der Waals surface area contributed by atoms with Crippen molar-refractivity contribution in [3.05, 3.63) is 71.8 Å². The van der Waals surface area contributed by atoms with Crippen LogP contribution in [-0.2, 0) is 56.2 Å². The molecule has 2 rings (SSSR count). The lowest BCUT2D eigenvalue weighted by molar-refractivity contribution is -0.139. The number of primary amides is 1. The Hall–Kier alpha value is -6.05. The summed E-state index contributed by atoms with van der Waals surface area (Å²) in [6.07, 6.45) is 1.36. The number of aliphatic imine (C=N–C) groups is 1. The Labute approximate surface area is 351 Å². The van der Waals surface area contributed by atoms with Gasteiger partial charge in [0.05, 0.1) is 12.3 Å². The Morgan fingerprint density at radius 3 is 1.68 bits per heavy atom. The van der Waals surface area contributed by atoms with Crippen LogP contribution in [0.3, 0.4) is 0 Å². The van der Waals surface area contributed by atoms with Crippen molar-refractivity contribution >= 4 is 57.1 Å². The van der Waals surface area contributed by atoms with Crippen LogP contribution >= 0.6 is 0 Å². The van der Waals surface area contributed by atoms with E-state index in [4.69, 9.17) is 17.2 Å². The first-order valence-corrected chi connectivity index (χ1v) is 21.5. The topological polar surface area (TPSA) is 307 Å². The molecule has 0 fully saturated rings. The smallest absolute Gasteiger partial charge is 0.245 e. The highest BCUT2D eigenvalue weighted by Crippen LogP contribution is 2.11. The number of carbonyl (C=O) groups is 7. The molecule has 2 aromatic carbocycles. The van der Waals surface area contributed by atoms with Gasteiger partial charge in [0.1, 0.15) is 40.0 Å². The van der Waals surface area contributed by atoms with Crippen molar-refractivity contribution in [2.45, 2.75) is 89.5 Å². The molecule has 0 aliphatic carbocycles. The molecule has 0 spiro atoms. The zero-order valence-corrected chi connectivity index (χ0v) is 35.6. The maximum Gasteiger partial charge on any atom is 0.245 e. The summed E-state index contributed by atoms with van der Waals surface area (Å²) in [6, 6.07) is 11.7. The summed E-state index contributed by atoms with van der Waals surface area (Å²) in [5.74, 6) is -5.60. The molecule has 0 aromatic heterocycles. The molecule has 0 aliphatic rings. The minimum atomic E-state index is -3.48. The number of nitrogens with one attached hydrogen (secondary N) is 5. The number of hydrogen-bond acceptors (Lipinski definition) is 10. The number of amides is 7. The van der Waals surface area contributed by atoms with Gasteiger partial charge >= 0.3 is 0 Å². The molecule has 19 nitrogen and oxygen atoms in total. The van der Waals surface area contributed by atoms with Gasteiger partial charge < -0.3 is 48.7 Å². The Morgan fingerprint density at radius 1 is 0.683 bits per heavy atom. The molecular formula is C40H60N10O9S. The molecule has 330 valence electrons. The third-order valence-electron chi connectivity index (χ3n) is 9.01. The van der Waals surface area contributed by atoms with Crippen LogP contribution in [0.4, 0.5) is 0 Å². The second-order valence-electron chi connectivity index (χ2n) is 15.0. The molecule has 2 aromatic rings. The predicted molar refractivity (Wildman–Crippen MR) is 226 cm³/mol. The normalized spacial score (nSPS) is 13.6. The first kappa shape index (κ1) is 50.1. The summed E-state index contributed by atoms with van der Waals surface area (Å²) in [5.41, 5.74) is 17.6. The minimum Gasteiger partial charge on any atom is -0.370 e. The second kappa shape index (κ2) is 24.8. The van der Waals surface area contributed by atoms with E-state index in [1.54, 1.807) is 74.5 Å². The Bertz CT molecular complexity index is 1910. The van der Waals surface area contributed by atoms with Crippen molar-refractivity contribution in [1.82, 2.24) is 31.5 Å². The monoisotopic (exact) mass is 856 g/mol. The maximum atomic E-state index is 14.2. The van der Waals surface area contributed by atoms with E-state index >= 15 is 0 Å².